The Morgan fingerprint density at radius 3 is 2.84 bits per heavy atom. The van der Waals surface area contributed by atoms with Gasteiger partial charge in [-0.05, 0) is 30.0 Å². The van der Waals surface area contributed by atoms with Crippen LogP contribution in [0.2, 0.25) is 0 Å². The van der Waals surface area contributed by atoms with Gasteiger partial charge in [0.15, 0.2) is 5.75 Å². The van der Waals surface area contributed by atoms with Crippen LogP contribution in [0.15, 0.2) is 55.1 Å². The summed E-state index contributed by atoms with van der Waals surface area (Å²) in [5.41, 5.74) is 3.60. The van der Waals surface area contributed by atoms with Crippen LogP contribution in [0.3, 0.4) is 0 Å². The van der Waals surface area contributed by atoms with E-state index in [1.165, 1.54) is 11.1 Å². The van der Waals surface area contributed by atoms with Crippen molar-refractivity contribution in [1.82, 2.24) is 19.9 Å². The lowest BCUT2D eigenvalue weighted by Crippen LogP contribution is -2.55. The molecule has 1 fully saturated rings. The molecule has 1 aromatic carbocycles. The van der Waals surface area contributed by atoms with Crippen molar-refractivity contribution in [3.8, 4) is 5.75 Å². The minimum Gasteiger partial charge on any atom is -0.493 e. The highest BCUT2D eigenvalue weighted by atomic mass is 16.5. The van der Waals surface area contributed by atoms with E-state index >= 15 is 0 Å². The van der Waals surface area contributed by atoms with Crippen molar-refractivity contribution in [1.29, 1.82) is 0 Å². The lowest BCUT2D eigenvalue weighted by atomic mass is 9.94. The van der Waals surface area contributed by atoms with E-state index in [0.717, 1.165) is 44.0 Å². The van der Waals surface area contributed by atoms with Crippen molar-refractivity contribution in [2.24, 2.45) is 0 Å². The van der Waals surface area contributed by atoms with Crippen LogP contribution >= 0.6 is 0 Å². The second-order valence-electron chi connectivity index (χ2n) is 8.32. The van der Waals surface area contributed by atoms with E-state index in [4.69, 9.17) is 4.74 Å². The third kappa shape index (κ3) is 4.24. The molecule has 1 saturated heterocycles. The van der Waals surface area contributed by atoms with Crippen LogP contribution in [0.4, 0.5) is 17.3 Å². The summed E-state index contributed by atoms with van der Waals surface area (Å²) in [4.78, 5) is 17.4. The van der Waals surface area contributed by atoms with E-state index in [1.54, 1.807) is 25.8 Å². The minimum absolute atomic E-state index is 0.167. The number of ether oxygens (including phenoxy) is 1. The summed E-state index contributed by atoms with van der Waals surface area (Å²) in [6.07, 6.45) is 6.42. The van der Waals surface area contributed by atoms with Crippen molar-refractivity contribution in [3.05, 3.63) is 66.2 Å². The zero-order chi connectivity index (χ0) is 21.9. The number of anilines is 3. The second-order valence-corrected chi connectivity index (χ2v) is 8.32. The number of aromatic nitrogens is 3. The summed E-state index contributed by atoms with van der Waals surface area (Å²) in [6, 6.07) is 12.5. The number of hydrogen-bond donors (Lipinski definition) is 2. The first kappa shape index (κ1) is 20.7. The van der Waals surface area contributed by atoms with Gasteiger partial charge in [-0.1, -0.05) is 24.3 Å². The fraction of sp³-hybridized carbons (Fsp3) is 0.375. The molecule has 5 rings (SSSR count). The summed E-state index contributed by atoms with van der Waals surface area (Å²) in [5.74, 6) is 2.12. The molecule has 0 bridgehead atoms. The first-order chi connectivity index (χ1) is 15.7. The Hall–Kier alpha value is -3.23. The van der Waals surface area contributed by atoms with E-state index in [2.05, 4.69) is 54.3 Å². The average Bonchev–Trinajstić information content (AvgIpc) is 2.84. The number of benzene rings is 1. The number of hydrogen-bond acceptors (Lipinski definition) is 8. The van der Waals surface area contributed by atoms with Gasteiger partial charge < -0.3 is 20.1 Å². The van der Waals surface area contributed by atoms with Gasteiger partial charge in [-0.15, -0.1) is 0 Å². The van der Waals surface area contributed by atoms with Crippen LogP contribution < -0.4 is 15.0 Å². The first-order valence-corrected chi connectivity index (χ1v) is 11.0. The molecular formula is C24H28N6O2. The highest BCUT2D eigenvalue weighted by Gasteiger charge is 2.34. The molecule has 0 spiro atoms. The van der Waals surface area contributed by atoms with Gasteiger partial charge in [0.25, 0.3) is 0 Å². The van der Waals surface area contributed by atoms with E-state index in [-0.39, 0.29) is 6.04 Å². The molecule has 2 atom stereocenters. The second kappa shape index (κ2) is 9.10. The lowest BCUT2D eigenvalue weighted by molar-refractivity contribution is 0.0293. The highest BCUT2D eigenvalue weighted by Crippen LogP contribution is 2.29. The van der Waals surface area contributed by atoms with Gasteiger partial charge in [0, 0.05) is 44.5 Å². The molecule has 8 heteroatoms. The quantitative estimate of drug-likeness (QED) is 0.636. The number of fused-ring (bicyclic) bond motifs is 1. The zero-order valence-electron chi connectivity index (χ0n) is 18.2. The van der Waals surface area contributed by atoms with Gasteiger partial charge in [0.1, 0.15) is 18.0 Å². The normalized spacial score (nSPS) is 21.1. The van der Waals surface area contributed by atoms with Crippen LogP contribution in [-0.2, 0) is 13.0 Å². The molecule has 0 unspecified atom stereocenters. The van der Waals surface area contributed by atoms with Crippen molar-refractivity contribution in [3.63, 3.8) is 0 Å². The number of nitrogens with zero attached hydrogens (tertiary/aromatic N) is 5. The largest absolute Gasteiger partial charge is 0.493 e. The lowest BCUT2D eigenvalue weighted by Gasteiger charge is -2.43. The number of β-amino-alcohol motifs (C(OH)–C–C–N with tert-alkyl or cyclic N) is 1. The van der Waals surface area contributed by atoms with Crippen LogP contribution in [0, 0.1) is 0 Å². The number of piperidine rings is 1. The van der Waals surface area contributed by atoms with Crippen LogP contribution in [-0.4, -0.2) is 63.8 Å². The number of nitrogens with one attached hydrogen (secondary N) is 1. The number of aliphatic hydroxyl groups is 1. The fourth-order valence-electron chi connectivity index (χ4n) is 4.73. The van der Waals surface area contributed by atoms with Crippen molar-refractivity contribution in [2.75, 3.05) is 37.0 Å². The molecule has 0 amide bonds. The molecular weight excluding hydrogens is 404 g/mol. The van der Waals surface area contributed by atoms with Gasteiger partial charge in [0.05, 0.1) is 25.1 Å². The number of pyridine rings is 1. The minimum atomic E-state index is -0.430. The smallest absolute Gasteiger partial charge is 0.160 e. The van der Waals surface area contributed by atoms with Crippen LogP contribution in [0.5, 0.6) is 5.75 Å². The van der Waals surface area contributed by atoms with E-state index in [9.17, 15) is 5.11 Å². The first-order valence-electron chi connectivity index (χ1n) is 11.0. The third-order valence-corrected chi connectivity index (χ3v) is 6.42. The Kier molecular flexibility index (Phi) is 5.87. The molecule has 3 aromatic rings. The Labute approximate surface area is 187 Å². The maximum atomic E-state index is 11.0. The maximum absolute atomic E-state index is 11.0. The number of methoxy groups -OCH3 is 1. The highest BCUT2D eigenvalue weighted by molar-refractivity contribution is 5.64. The van der Waals surface area contributed by atoms with E-state index < -0.39 is 6.10 Å². The molecule has 0 radical (unpaired) electrons. The SMILES string of the molecule is COc1cnccc1Nc1cc(N2CC[C@H](N3CCc4ccccc4C3)[C@@H](O)C2)ncn1. The summed E-state index contributed by atoms with van der Waals surface area (Å²) in [7, 11) is 1.61. The van der Waals surface area contributed by atoms with Crippen molar-refractivity contribution in [2.45, 2.75) is 31.5 Å². The Bertz CT molecular complexity index is 1080. The Balaban J connectivity index is 1.25. The molecule has 8 nitrogen and oxygen atoms in total. The zero-order valence-corrected chi connectivity index (χ0v) is 18.2. The van der Waals surface area contributed by atoms with E-state index in [0.29, 0.717) is 18.1 Å². The molecule has 32 heavy (non-hydrogen) atoms. The molecule has 0 saturated carbocycles. The predicted octanol–water partition coefficient (Wildman–Crippen LogP) is 2.62. The molecule has 0 aliphatic carbocycles. The molecule has 4 heterocycles. The van der Waals surface area contributed by atoms with Gasteiger partial charge in [-0.2, -0.15) is 0 Å². The summed E-state index contributed by atoms with van der Waals surface area (Å²) >= 11 is 0. The molecule has 2 aliphatic rings. The van der Waals surface area contributed by atoms with Gasteiger partial charge in [-0.25, -0.2) is 9.97 Å². The summed E-state index contributed by atoms with van der Waals surface area (Å²) in [6.45, 7) is 3.30. The molecule has 2 aromatic heterocycles. The Morgan fingerprint density at radius 1 is 1.12 bits per heavy atom. The van der Waals surface area contributed by atoms with Crippen molar-refractivity contribution < 1.29 is 9.84 Å². The summed E-state index contributed by atoms with van der Waals surface area (Å²) < 4.78 is 5.35. The maximum Gasteiger partial charge on any atom is 0.160 e. The van der Waals surface area contributed by atoms with Gasteiger partial charge in [0.2, 0.25) is 0 Å². The third-order valence-electron chi connectivity index (χ3n) is 6.42. The molecule has 2 aliphatic heterocycles. The van der Waals surface area contributed by atoms with E-state index in [1.807, 2.05) is 12.1 Å². The monoisotopic (exact) mass is 432 g/mol. The number of rotatable bonds is 5. The van der Waals surface area contributed by atoms with Gasteiger partial charge in [-0.3, -0.25) is 9.88 Å². The van der Waals surface area contributed by atoms with Crippen molar-refractivity contribution >= 4 is 17.3 Å². The number of aliphatic hydroxyl groups excluding tert-OH is 1. The predicted molar refractivity (Wildman–Crippen MR) is 123 cm³/mol. The standard InChI is InChI=1S/C24H28N6O2/c1-32-22-13-25-9-6-19(22)28-23-12-24(27-16-26-23)30-11-8-20(21(31)15-30)29-10-7-17-4-2-3-5-18(17)14-29/h2-6,9,12-13,16,20-21,31H,7-8,10-11,14-15H2,1H3,(H,25,26,27,28)/t20-,21-/m0/s1. The van der Waals surface area contributed by atoms with Crippen LogP contribution in [0.25, 0.3) is 0 Å². The Morgan fingerprint density at radius 2 is 2.00 bits per heavy atom. The van der Waals surface area contributed by atoms with Gasteiger partial charge >= 0.3 is 0 Å². The summed E-state index contributed by atoms with van der Waals surface area (Å²) in [5, 5.41) is 14.3. The fourth-order valence-corrected chi connectivity index (χ4v) is 4.73. The molecule has 166 valence electrons. The topological polar surface area (TPSA) is 86.6 Å². The molecule has 2 N–H and O–H groups in total. The van der Waals surface area contributed by atoms with Crippen LogP contribution in [0.1, 0.15) is 17.5 Å². The average molecular weight is 433 g/mol.